The lowest BCUT2D eigenvalue weighted by Gasteiger charge is -2.21. The molecular formula is C45H32NOP. The maximum atomic E-state index is 15.3. The van der Waals surface area contributed by atoms with Gasteiger partial charge in [-0.25, -0.2) is 0 Å². The van der Waals surface area contributed by atoms with Crippen LogP contribution in [-0.2, 0) is 9.98 Å². The van der Waals surface area contributed by atoms with Crippen molar-refractivity contribution in [3.8, 4) is 39.1 Å². The van der Waals surface area contributed by atoms with E-state index in [0.717, 1.165) is 54.5 Å². The van der Waals surface area contributed by atoms with Gasteiger partial charge in [-0.3, -0.25) is 0 Å². The van der Waals surface area contributed by atoms with Crippen LogP contribution >= 0.6 is 7.14 Å². The second-order valence-corrected chi connectivity index (χ2v) is 16.3. The highest BCUT2D eigenvalue weighted by Gasteiger charge is 2.41. The number of hydrogen-bond acceptors (Lipinski definition) is 1. The van der Waals surface area contributed by atoms with Gasteiger partial charge in [0.2, 0.25) is 0 Å². The Balaban J connectivity index is 1.18. The van der Waals surface area contributed by atoms with E-state index >= 15 is 4.57 Å². The molecule has 1 aliphatic heterocycles. The van der Waals surface area contributed by atoms with Crippen LogP contribution in [0.25, 0.3) is 60.9 Å². The summed E-state index contributed by atoms with van der Waals surface area (Å²) in [5.74, 6) is 0. The Morgan fingerprint density at radius 2 is 1.17 bits per heavy atom. The van der Waals surface area contributed by atoms with Crippen LogP contribution in [0.15, 0.2) is 158 Å². The highest BCUT2D eigenvalue weighted by molar-refractivity contribution is 7.86. The van der Waals surface area contributed by atoms with E-state index < -0.39 is 7.14 Å². The molecule has 1 unspecified atom stereocenters. The molecule has 7 aromatic carbocycles. The van der Waals surface area contributed by atoms with Gasteiger partial charge in [-0.1, -0.05) is 141 Å². The van der Waals surface area contributed by atoms with Crippen LogP contribution in [0.4, 0.5) is 0 Å². The summed E-state index contributed by atoms with van der Waals surface area (Å²) in [6, 6.07) is 56.0. The fourth-order valence-electron chi connectivity index (χ4n) is 8.57. The first kappa shape index (κ1) is 27.7. The summed E-state index contributed by atoms with van der Waals surface area (Å²) in [6.45, 7) is 4.67. The molecule has 2 heterocycles. The molecule has 2 aliphatic rings. The van der Waals surface area contributed by atoms with Gasteiger partial charge in [0.25, 0.3) is 0 Å². The van der Waals surface area contributed by atoms with Gasteiger partial charge in [0.15, 0.2) is 7.14 Å². The molecule has 8 aromatic rings. The molecule has 0 radical (unpaired) electrons. The third-order valence-corrected chi connectivity index (χ3v) is 14.0. The van der Waals surface area contributed by atoms with Gasteiger partial charge in [0.05, 0.1) is 11.0 Å². The lowest BCUT2D eigenvalue weighted by atomic mass is 9.82. The average molecular weight is 634 g/mol. The highest BCUT2D eigenvalue weighted by Crippen LogP contribution is 2.54. The second kappa shape index (κ2) is 9.80. The van der Waals surface area contributed by atoms with E-state index in [9.17, 15) is 0 Å². The number of benzene rings is 7. The maximum Gasteiger partial charge on any atom is 0.172 e. The van der Waals surface area contributed by atoms with E-state index in [2.05, 4.69) is 140 Å². The fourth-order valence-corrected chi connectivity index (χ4v) is 11.6. The number of rotatable bonds is 3. The quantitative estimate of drug-likeness (QED) is 0.178. The Kier molecular flexibility index (Phi) is 5.65. The van der Waals surface area contributed by atoms with Gasteiger partial charge >= 0.3 is 0 Å². The maximum absolute atomic E-state index is 15.3. The summed E-state index contributed by atoms with van der Waals surface area (Å²) in [4.78, 5) is 0. The molecule has 3 heteroatoms. The second-order valence-electron chi connectivity index (χ2n) is 13.6. The third-order valence-electron chi connectivity index (χ3n) is 10.8. The Bertz CT molecular complexity index is 2660. The van der Waals surface area contributed by atoms with Gasteiger partial charge in [-0.15, -0.1) is 0 Å². The zero-order valence-electron chi connectivity index (χ0n) is 26.8. The van der Waals surface area contributed by atoms with Crippen LogP contribution in [0.3, 0.4) is 0 Å². The molecule has 0 spiro atoms. The largest absolute Gasteiger partial charge is 0.309 e. The molecule has 48 heavy (non-hydrogen) atoms. The van der Waals surface area contributed by atoms with Crippen molar-refractivity contribution in [2.45, 2.75) is 19.3 Å². The van der Waals surface area contributed by atoms with Crippen molar-refractivity contribution in [3.63, 3.8) is 0 Å². The van der Waals surface area contributed by atoms with Crippen LogP contribution in [-0.4, -0.2) is 4.57 Å². The molecule has 0 amide bonds. The van der Waals surface area contributed by atoms with Gasteiger partial charge in [-0.2, -0.15) is 0 Å². The van der Waals surface area contributed by atoms with Gasteiger partial charge in [0, 0.05) is 37.8 Å². The van der Waals surface area contributed by atoms with Gasteiger partial charge < -0.3 is 9.13 Å². The average Bonchev–Trinajstić information content (AvgIpc) is 3.69. The molecule has 1 aromatic heterocycles. The van der Waals surface area contributed by atoms with Crippen molar-refractivity contribution in [2.24, 2.45) is 0 Å². The van der Waals surface area contributed by atoms with Crippen LogP contribution in [0, 0.1) is 0 Å². The monoisotopic (exact) mass is 633 g/mol. The topological polar surface area (TPSA) is 22.0 Å². The summed E-state index contributed by atoms with van der Waals surface area (Å²) in [7, 11) is -3.04. The van der Waals surface area contributed by atoms with Crippen molar-refractivity contribution in [1.82, 2.24) is 4.57 Å². The molecule has 1 aliphatic carbocycles. The minimum Gasteiger partial charge on any atom is -0.309 e. The van der Waals surface area contributed by atoms with Crippen LogP contribution in [0.5, 0.6) is 0 Å². The normalized spacial score (nSPS) is 16.9. The predicted octanol–water partition coefficient (Wildman–Crippen LogP) is 10.4. The van der Waals surface area contributed by atoms with Crippen molar-refractivity contribution in [1.29, 1.82) is 0 Å². The summed E-state index contributed by atoms with van der Waals surface area (Å²) < 4.78 is 17.7. The molecule has 0 saturated heterocycles. The minimum atomic E-state index is -3.04. The lowest BCUT2D eigenvalue weighted by molar-refractivity contribution is 0.593. The number of nitrogens with zero attached hydrogens (tertiary/aromatic N) is 1. The predicted molar refractivity (Wildman–Crippen MR) is 202 cm³/mol. The molecule has 0 saturated carbocycles. The Morgan fingerprint density at radius 1 is 0.500 bits per heavy atom. The van der Waals surface area contributed by atoms with Gasteiger partial charge in [-0.05, 0) is 74.8 Å². The van der Waals surface area contributed by atoms with Crippen LogP contribution in [0.2, 0.25) is 0 Å². The zero-order valence-corrected chi connectivity index (χ0v) is 27.7. The number of hydrogen-bond donors (Lipinski definition) is 0. The standard InChI is InChI=1S/C45H32NOP/c1-45(2)38-19-9-6-17-35(38)44-32(18-12-20-39(44)45)29-23-25-30(26-24-29)46-40-21-10-7-15-33(40)36-28-43-37(27-41(36)46)34-16-8-11-22-42(34)48(43,47)31-13-4-3-5-14-31/h3-28H,1-2H3. The molecule has 0 N–H and O–H groups in total. The first-order valence-corrected chi connectivity index (χ1v) is 18.3. The van der Waals surface area contributed by atoms with E-state index in [1.807, 2.05) is 36.4 Å². The van der Waals surface area contributed by atoms with Crippen molar-refractivity contribution >= 4 is 44.9 Å². The molecule has 0 fully saturated rings. The van der Waals surface area contributed by atoms with E-state index in [1.165, 1.54) is 33.4 Å². The lowest BCUT2D eigenvalue weighted by Crippen LogP contribution is -2.20. The van der Waals surface area contributed by atoms with Crippen molar-refractivity contribution in [3.05, 3.63) is 169 Å². The van der Waals surface area contributed by atoms with Crippen molar-refractivity contribution in [2.75, 3.05) is 0 Å². The number of para-hydroxylation sites is 1. The Hall–Kier alpha value is -5.43. The molecule has 1 atom stereocenters. The summed E-state index contributed by atoms with van der Waals surface area (Å²) in [5.41, 5.74) is 13.4. The zero-order chi connectivity index (χ0) is 32.2. The summed E-state index contributed by atoms with van der Waals surface area (Å²) >= 11 is 0. The molecule has 2 nitrogen and oxygen atoms in total. The highest BCUT2D eigenvalue weighted by atomic mass is 31.2. The van der Waals surface area contributed by atoms with E-state index in [1.54, 1.807) is 0 Å². The van der Waals surface area contributed by atoms with Crippen LogP contribution < -0.4 is 15.9 Å². The van der Waals surface area contributed by atoms with E-state index in [-0.39, 0.29) is 5.41 Å². The third kappa shape index (κ3) is 3.56. The first-order valence-electron chi connectivity index (χ1n) is 16.6. The molecular weight excluding hydrogens is 601 g/mol. The summed E-state index contributed by atoms with van der Waals surface area (Å²) in [6.07, 6.45) is 0. The number of aromatic nitrogens is 1. The smallest absolute Gasteiger partial charge is 0.172 e. The van der Waals surface area contributed by atoms with Crippen LogP contribution in [0.1, 0.15) is 25.0 Å². The Morgan fingerprint density at radius 3 is 2.00 bits per heavy atom. The van der Waals surface area contributed by atoms with E-state index in [4.69, 9.17) is 0 Å². The molecule has 0 bridgehead atoms. The van der Waals surface area contributed by atoms with E-state index in [0.29, 0.717) is 0 Å². The minimum absolute atomic E-state index is 0.0335. The SMILES string of the molecule is CC1(C)c2ccccc2-c2c(-c3ccc(-n4c5ccccc5c5cc6c(cc54)-c4ccccc4P6(=O)c4ccccc4)cc3)cccc21. The number of fused-ring (bicyclic) bond motifs is 9. The van der Waals surface area contributed by atoms with Crippen molar-refractivity contribution < 1.29 is 4.57 Å². The molecule has 10 rings (SSSR count). The fraction of sp³-hybridized carbons (Fsp3) is 0.0667. The summed E-state index contributed by atoms with van der Waals surface area (Å²) in [5, 5.41) is 5.03. The first-order chi connectivity index (χ1) is 23.5. The Labute approximate surface area is 280 Å². The molecule has 228 valence electrons. The van der Waals surface area contributed by atoms with Gasteiger partial charge in [0.1, 0.15) is 0 Å².